The van der Waals surface area contributed by atoms with Crippen LogP contribution in [0.1, 0.15) is 18.1 Å². The Morgan fingerprint density at radius 1 is 0.857 bits per heavy atom. The normalized spacial score (nSPS) is 11.9. The Morgan fingerprint density at radius 2 is 1.45 bits per heavy atom. The molecule has 1 atom stereocenters. The van der Waals surface area contributed by atoms with Gasteiger partial charge in [0.1, 0.15) is 18.4 Å². The van der Waals surface area contributed by atoms with Crippen LogP contribution >= 0.6 is 11.6 Å². The van der Waals surface area contributed by atoms with Gasteiger partial charge in [-0.05, 0) is 55.0 Å². The van der Waals surface area contributed by atoms with Gasteiger partial charge in [0.2, 0.25) is 11.8 Å². The monoisotopic (exact) mass is 607 g/mol. The fourth-order valence-electron chi connectivity index (χ4n) is 4.51. The predicted molar refractivity (Wildman–Crippen MR) is 162 cm³/mol. The van der Waals surface area contributed by atoms with Crippen LogP contribution in [-0.4, -0.2) is 44.3 Å². The maximum atomic E-state index is 14.9. The number of amides is 2. The second-order valence-corrected chi connectivity index (χ2v) is 11.8. The number of nitrogens with zero attached hydrogens (tertiary/aromatic N) is 2. The molecule has 0 bridgehead atoms. The van der Waals surface area contributed by atoms with Crippen LogP contribution in [0, 0.1) is 5.82 Å². The van der Waals surface area contributed by atoms with Gasteiger partial charge in [0.05, 0.1) is 10.6 Å². The van der Waals surface area contributed by atoms with E-state index >= 15 is 0 Å². The number of nitrogens with one attached hydrogen (secondary N) is 1. The molecule has 7 nitrogen and oxygen atoms in total. The summed E-state index contributed by atoms with van der Waals surface area (Å²) in [6, 6.07) is 27.9. The first-order valence-corrected chi connectivity index (χ1v) is 15.2. The minimum absolute atomic E-state index is 0.0158. The Balaban J connectivity index is 1.79. The zero-order valence-electron chi connectivity index (χ0n) is 23.0. The lowest BCUT2D eigenvalue weighted by atomic mass is 10.0. The van der Waals surface area contributed by atoms with Crippen molar-refractivity contribution in [3.8, 4) is 0 Å². The summed E-state index contributed by atoms with van der Waals surface area (Å²) in [7, 11) is -4.22. The largest absolute Gasteiger partial charge is 0.355 e. The first-order chi connectivity index (χ1) is 20.2. The van der Waals surface area contributed by atoms with Crippen molar-refractivity contribution in [1.82, 2.24) is 10.2 Å². The van der Waals surface area contributed by atoms with Crippen molar-refractivity contribution >= 4 is 39.1 Å². The van der Waals surface area contributed by atoms with E-state index in [-0.39, 0.29) is 29.1 Å². The van der Waals surface area contributed by atoms with Gasteiger partial charge in [-0.15, -0.1) is 0 Å². The summed E-state index contributed by atoms with van der Waals surface area (Å²) in [5, 5.41) is 3.17. The van der Waals surface area contributed by atoms with E-state index in [2.05, 4.69) is 5.32 Å². The van der Waals surface area contributed by atoms with Crippen LogP contribution in [-0.2, 0) is 32.6 Å². The highest BCUT2D eigenvalue weighted by Gasteiger charge is 2.34. The first kappa shape index (κ1) is 30.7. The van der Waals surface area contributed by atoms with Gasteiger partial charge in [-0.1, -0.05) is 78.3 Å². The highest BCUT2D eigenvalue weighted by atomic mass is 35.5. The molecule has 0 heterocycles. The third-order valence-corrected chi connectivity index (χ3v) is 8.69. The Labute approximate surface area is 250 Å². The molecule has 10 heteroatoms. The Kier molecular flexibility index (Phi) is 10.3. The van der Waals surface area contributed by atoms with Gasteiger partial charge in [0.15, 0.2) is 0 Å². The van der Waals surface area contributed by atoms with Crippen LogP contribution in [0.25, 0.3) is 0 Å². The van der Waals surface area contributed by atoms with Gasteiger partial charge in [0, 0.05) is 30.1 Å². The van der Waals surface area contributed by atoms with Crippen molar-refractivity contribution in [2.45, 2.75) is 30.8 Å². The molecule has 4 rings (SSSR count). The number of carbonyl (C=O) groups is 2. The summed E-state index contributed by atoms with van der Waals surface area (Å²) < 4.78 is 43.6. The second-order valence-electron chi connectivity index (χ2n) is 9.51. The van der Waals surface area contributed by atoms with Gasteiger partial charge < -0.3 is 10.2 Å². The number of rotatable bonds is 12. The van der Waals surface area contributed by atoms with E-state index in [0.717, 1.165) is 9.87 Å². The highest BCUT2D eigenvalue weighted by molar-refractivity contribution is 7.92. The molecule has 0 saturated heterocycles. The molecular formula is C32H31ClFN3O4S. The molecule has 0 aliphatic rings. The van der Waals surface area contributed by atoms with E-state index < -0.39 is 40.2 Å². The maximum Gasteiger partial charge on any atom is 0.264 e. The van der Waals surface area contributed by atoms with E-state index in [9.17, 15) is 22.4 Å². The van der Waals surface area contributed by atoms with Crippen molar-refractivity contribution in [2.24, 2.45) is 0 Å². The minimum atomic E-state index is -4.22. The van der Waals surface area contributed by atoms with Crippen LogP contribution in [0.5, 0.6) is 0 Å². The number of sulfonamides is 1. The maximum absolute atomic E-state index is 14.9. The smallest absolute Gasteiger partial charge is 0.264 e. The zero-order chi connectivity index (χ0) is 30.1. The van der Waals surface area contributed by atoms with E-state index in [1.165, 1.54) is 59.5 Å². The summed E-state index contributed by atoms with van der Waals surface area (Å²) in [6.45, 7) is 1.18. The standard InChI is InChI=1S/C32H31ClFN3O4S/c1-2-35-32(39)30(21-24-11-5-3-6-12-24)36(22-25-13-9-10-16-29(25)34)31(38)23-37(27-19-17-26(33)18-20-27)42(40,41)28-14-7-4-8-15-28/h3-20,30H,2,21-23H2,1H3,(H,35,39). The Bertz CT molecular complexity index is 1600. The number of hydrogen-bond acceptors (Lipinski definition) is 4. The topological polar surface area (TPSA) is 86.8 Å². The molecule has 0 spiro atoms. The lowest BCUT2D eigenvalue weighted by Gasteiger charge is -2.34. The summed E-state index contributed by atoms with van der Waals surface area (Å²) in [4.78, 5) is 28.9. The van der Waals surface area contributed by atoms with E-state index in [1.54, 1.807) is 31.2 Å². The van der Waals surface area contributed by atoms with Crippen molar-refractivity contribution in [1.29, 1.82) is 0 Å². The van der Waals surface area contributed by atoms with Crippen molar-refractivity contribution in [3.63, 3.8) is 0 Å². The third kappa shape index (κ3) is 7.54. The average Bonchev–Trinajstić information content (AvgIpc) is 3.00. The molecule has 4 aromatic carbocycles. The molecular weight excluding hydrogens is 577 g/mol. The number of halogens is 2. The Morgan fingerprint density at radius 3 is 2.07 bits per heavy atom. The van der Waals surface area contributed by atoms with Crippen molar-refractivity contribution < 1.29 is 22.4 Å². The molecule has 0 fully saturated rings. The van der Waals surface area contributed by atoms with Crippen LogP contribution in [0.15, 0.2) is 114 Å². The number of anilines is 1. The fourth-order valence-corrected chi connectivity index (χ4v) is 6.07. The van der Waals surface area contributed by atoms with Gasteiger partial charge in [-0.2, -0.15) is 0 Å². The summed E-state index contributed by atoms with van der Waals surface area (Å²) in [5.74, 6) is -1.66. The average molecular weight is 608 g/mol. The number of hydrogen-bond donors (Lipinski definition) is 1. The van der Waals surface area contributed by atoms with Crippen molar-refractivity contribution in [3.05, 3.63) is 131 Å². The van der Waals surface area contributed by atoms with Gasteiger partial charge in [-0.3, -0.25) is 13.9 Å². The molecule has 0 saturated carbocycles. The first-order valence-electron chi connectivity index (χ1n) is 13.4. The molecule has 0 aromatic heterocycles. The molecule has 218 valence electrons. The number of likely N-dealkylation sites (N-methyl/N-ethyl adjacent to an activating group) is 1. The molecule has 1 unspecified atom stereocenters. The number of benzene rings is 4. The highest BCUT2D eigenvalue weighted by Crippen LogP contribution is 2.26. The van der Waals surface area contributed by atoms with Crippen LogP contribution in [0.3, 0.4) is 0 Å². The molecule has 0 aliphatic carbocycles. The van der Waals surface area contributed by atoms with E-state index in [4.69, 9.17) is 11.6 Å². The van der Waals surface area contributed by atoms with Crippen LogP contribution < -0.4 is 9.62 Å². The lowest BCUT2D eigenvalue weighted by Crippen LogP contribution is -2.53. The molecule has 0 radical (unpaired) electrons. The predicted octanol–water partition coefficient (Wildman–Crippen LogP) is 5.45. The van der Waals surface area contributed by atoms with E-state index in [0.29, 0.717) is 11.6 Å². The molecule has 0 aliphatic heterocycles. The van der Waals surface area contributed by atoms with Crippen molar-refractivity contribution in [2.75, 3.05) is 17.4 Å². The SMILES string of the molecule is CCNC(=O)C(Cc1ccccc1)N(Cc1ccccc1F)C(=O)CN(c1ccc(Cl)cc1)S(=O)(=O)c1ccccc1. The molecule has 2 amide bonds. The summed E-state index contributed by atoms with van der Waals surface area (Å²) in [6.07, 6.45) is 0.138. The van der Waals surface area contributed by atoms with Gasteiger partial charge in [0.25, 0.3) is 10.0 Å². The third-order valence-electron chi connectivity index (χ3n) is 6.65. The summed E-state index contributed by atoms with van der Waals surface area (Å²) >= 11 is 6.07. The van der Waals surface area contributed by atoms with Gasteiger partial charge >= 0.3 is 0 Å². The molecule has 42 heavy (non-hydrogen) atoms. The van der Waals surface area contributed by atoms with Crippen LogP contribution in [0.4, 0.5) is 10.1 Å². The quantitative estimate of drug-likeness (QED) is 0.232. The number of carbonyl (C=O) groups excluding carboxylic acids is 2. The molecule has 1 N–H and O–H groups in total. The zero-order valence-corrected chi connectivity index (χ0v) is 24.6. The fraction of sp³-hybridized carbons (Fsp3) is 0.188. The van der Waals surface area contributed by atoms with E-state index in [1.807, 2.05) is 30.3 Å². The van der Waals surface area contributed by atoms with Gasteiger partial charge in [-0.25, -0.2) is 12.8 Å². The second kappa shape index (κ2) is 14.1. The minimum Gasteiger partial charge on any atom is -0.355 e. The Hall–Kier alpha value is -4.21. The lowest BCUT2D eigenvalue weighted by molar-refractivity contribution is -0.140. The summed E-state index contributed by atoms with van der Waals surface area (Å²) in [5.41, 5.74) is 1.18. The van der Waals surface area contributed by atoms with Crippen LogP contribution in [0.2, 0.25) is 5.02 Å². The molecule has 4 aromatic rings.